The molecule has 1 heterocycles. The average Bonchev–Trinajstić information content (AvgIpc) is 3.27. The Morgan fingerprint density at radius 1 is 1.06 bits per heavy atom. The standard InChI is InChI=1S/C24H32N2O4S/c1-18-7-12-21(31(28,29)26-14-5-6-15-26)17-22(18)23(27)25-13-16-30-20-10-8-19(9-11-20)24(2,3)4/h7-12,17H,5-6,13-16H2,1-4H3,(H,25,27). The molecule has 1 N–H and O–H groups in total. The van der Waals surface area contributed by atoms with Crippen molar-refractivity contribution in [1.29, 1.82) is 0 Å². The molecular formula is C24H32N2O4S. The third kappa shape index (κ3) is 5.66. The second-order valence-corrected chi connectivity index (χ2v) is 10.9. The Kier molecular flexibility index (Phi) is 7.06. The van der Waals surface area contributed by atoms with Crippen molar-refractivity contribution in [3.8, 4) is 5.75 Å². The van der Waals surface area contributed by atoms with Crippen LogP contribution in [0.3, 0.4) is 0 Å². The van der Waals surface area contributed by atoms with Crippen molar-refractivity contribution in [3.05, 3.63) is 59.2 Å². The van der Waals surface area contributed by atoms with Crippen LogP contribution in [0.2, 0.25) is 0 Å². The third-order valence-corrected chi connectivity index (χ3v) is 7.43. The number of nitrogens with one attached hydrogen (secondary N) is 1. The number of hydrogen-bond donors (Lipinski definition) is 1. The van der Waals surface area contributed by atoms with Crippen molar-refractivity contribution in [1.82, 2.24) is 9.62 Å². The molecule has 0 aromatic heterocycles. The van der Waals surface area contributed by atoms with Crippen LogP contribution in [0.4, 0.5) is 0 Å². The molecule has 1 amide bonds. The SMILES string of the molecule is Cc1ccc(S(=O)(=O)N2CCCC2)cc1C(=O)NCCOc1ccc(C(C)(C)C)cc1. The fourth-order valence-electron chi connectivity index (χ4n) is 3.56. The molecule has 0 bridgehead atoms. The van der Waals surface area contributed by atoms with Gasteiger partial charge in [0, 0.05) is 18.7 Å². The lowest BCUT2D eigenvalue weighted by molar-refractivity contribution is 0.0946. The van der Waals surface area contributed by atoms with Gasteiger partial charge in [0.2, 0.25) is 10.0 Å². The number of amides is 1. The molecule has 1 aliphatic heterocycles. The summed E-state index contributed by atoms with van der Waals surface area (Å²) in [7, 11) is -3.56. The Balaban J connectivity index is 1.58. The largest absolute Gasteiger partial charge is 0.492 e. The summed E-state index contributed by atoms with van der Waals surface area (Å²) in [6.07, 6.45) is 1.74. The van der Waals surface area contributed by atoms with Crippen molar-refractivity contribution in [3.63, 3.8) is 0 Å². The Labute approximate surface area is 185 Å². The van der Waals surface area contributed by atoms with Crippen LogP contribution in [0.15, 0.2) is 47.4 Å². The fraction of sp³-hybridized carbons (Fsp3) is 0.458. The van der Waals surface area contributed by atoms with E-state index in [9.17, 15) is 13.2 Å². The molecule has 0 spiro atoms. The van der Waals surface area contributed by atoms with Crippen molar-refractivity contribution < 1.29 is 17.9 Å². The van der Waals surface area contributed by atoms with E-state index in [4.69, 9.17) is 4.74 Å². The summed E-state index contributed by atoms with van der Waals surface area (Å²) >= 11 is 0. The quantitative estimate of drug-likeness (QED) is 0.658. The smallest absolute Gasteiger partial charge is 0.251 e. The van der Waals surface area contributed by atoms with Gasteiger partial charge < -0.3 is 10.1 Å². The van der Waals surface area contributed by atoms with Gasteiger partial charge in [0.05, 0.1) is 11.4 Å². The van der Waals surface area contributed by atoms with Crippen molar-refractivity contribution in [2.75, 3.05) is 26.2 Å². The minimum absolute atomic E-state index is 0.0845. The number of carbonyl (C=O) groups is 1. The zero-order valence-corrected chi connectivity index (χ0v) is 19.6. The first-order valence-electron chi connectivity index (χ1n) is 10.7. The van der Waals surface area contributed by atoms with Gasteiger partial charge in [0.1, 0.15) is 12.4 Å². The van der Waals surface area contributed by atoms with E-state index in [-0.39, 0.29) is 16.2 Å². The summed E-state index contributed by atoms with van der Waals surface area (Å²) in [5, 5.41) is 2.82. The lowest BCUT2D eigenvalue weighted by atomic mass is 9.87. The molecule has 0 aliphatic carbocycles. The molecule has 7 heteroatoms. The highest BCUT2D eigenvalue weighted by Crippen LogP contribution is 2.25. The highest BCUT2D eigenvalue weighted by atomic mass is 32.2. The normalized spacial score (nSPS) is 15.1. The molecule has 0 atom stereocenters. The molecule has 168 valence electrons. The number of carbonyl (C=O) groups excluding carboxylic acids is 1. The molecule has 3 rings (SSSR count). The molecule has 6 nitrogen and oxygen atoms in total. The zero-order chi connectivity index (χ0) is 22.6. The van der Waals surface area contributed by atoms with Gasteiger partial charge in [-0.1, -0.05) is 39.0 Å². The van der Waals surface area contributed by atoms with Crippen LogP contribution in [0, 0.1) is 6.92 Å². The summed E-state index contributed by atoms with van der Waals surface area (Å²) in [5.41, 5.74) is 2.42. The van der Waals surface area contributed by atoms with Crippen LogP contribution >= 0.6 is 0 Å². The molecule has 0 radical (unpaired) electrons. The minimum Gasteiger partial charge on any atom is -0.492 e. The molecule has 1 saturated heterocycles. The van der Waals surface area contributed by atoms with Crippen LogP contribution in [0.5, 0.6) is 5.75 Å². The maximum Gasteiger partial charge on any atom is 0.251 e. The van der Waals surface area contributed by atoms with Crippen LogP contribution in [0.1, 0.15) is 55.1 Å². The van der Waals surface area contributed by atoms with Gasteiger partial charge in [-0.15, -0.1) is 0 Å². The first kappa shape index (κ1) is 23.3. The zero-order valence-electron chi connectivity index (χ0n) is 18.8. The van der Waals surface area contributed by atoms with Gasteiger partial charge in [-0.25, -0.2) is 8.42 Å². The Morgan fingerprint density at radius 2 is 1.71 bits per heavy atom. The van der Waals surface area contributed by atoms with Crippen LogP contribution in [0.25, 0.3) is 0 Å². The van der Waals surface area contributed by atoms with E-state index in [0.29, 0.717) is 31.8 Å². The molecular weight excluding hydrogens is 412 g/mol. The Bertz CT molecular complexity index is 1020. The van der Waals surface area contributed by atoms with Crippen molar-refractivity contribution in [2.45, 2.75) is 50.8 Å². The predicted octanol–water partition coefficient (Wildman–Crippen LogP) is 3.89. The number of benzene rings is 2. The summed E-state index contributed by atoms with van der Waals surface area (Å²) < 4.78 is 32.8. The topological polar surface area (TPSA) is 75.7 Å². The lowest BCUT2D eigenvalue weighted by Gasteiger charge is -2.19. The maximum absolute atomic E-state index is 12.8. The van der Waals surface area contributed by atoms with Crippen molar-refractivity contribution >= 4 is 15.9 Å². The van der Waals surface area contributed by atoms with Gasteiger partial charge >= 0.3 is 0 Å². The summed E-state index contributed by atoms with van der Waals surface area (Å²) in [4.78, 5) is 12.8. The molecule has 2 aromatic carbocycles. The van der Waals surface area contributed by atoms with Crippen molar-refractivity contribution in [2.24, 2.45) is 0 Å². The first-order chi connectivity index (χ1) is 14.6. The fourth-order valence-corrected chi connectivity index (χ4v) is 5.11. The average molecular weight is 445 g/mol. The van der Waals surface area contributed by atoms with E-state index in [2.05, 4.69) is 26.1 Å². The Morgan fingerprint density at radius 3 is 2.32 bits per heavy atom. The molecule has 31 heavy (non-hydrogen) atoms. The second-order valence-electron chi connectivity index (χ2n) is 8.97. The van der Waals surface area contributed by atoms with E-state index in [1.807, 2.05) is 24.3 Å². The minimum atomic E-state index is -3.56. The number of aryl methyl sites for hydroxylation is 1. The van der Waals surface area contributed by atoms with Gasteiger partial charge in [-0.3, -0.25) is 4.79 Å². The highest BCUT2D eigenvalue weighted by molar-refractivity contribution is 7.89. The number of ether oxygens (including phenoxy) is 1. The van der Waals surface area contributed by atoms with E-state index >= 15 is 0 Å². The lowest BCUT2D eigenvalue weighted by Crippen LogP contribution is -2.30. The molecule has 1 aliphatic rings. The molecule has 0 unspecified atom stereocenters. The predicted molar refractivity (Wildman–Crippen MR) is 122 cm³/mol. The first-order valence-corrected chi connectivity index (χ1v) is 12.2. The molecule has 2 aromatic rings. The summed E-state index contributed by atoms with van der Waals surface area (Å²) in [6.45, 7) is 9.99. The van der Waals surface area contributed by atoms with Crippen LogP contribution in [-0.4, -0.2) is 44.9 Å². The monoisotopic (exact) mass is 444 g/mol. The number of sulfonamides is 1. The summed E-state index contributed by atoms with van der Waals surface area (Å²) in [5.74, 6) is 0.444. The molecule has 1 fully saturated rings. The number of hydrogen-bond acceptors (Lipinski definition) is 4. The third-order valence-electron chi connectivity index (χ3n) is 5.53. The number of nitrogens with zero attached hydrogens (tertiary/aromatic N) is 1. The maximum atomic E-state index is 12.8. The van der Waals surface area contributed by atoms with E-state index in [0.717, 1.165) is 24.2 Å². The highest BCUT2D eigenvalue weighted by Gasteiger charge is 2.28. The van der Waals surface area contributed by atoms with Gasteiger partial charge in [-0.05, 0) is 60.6 Å². The van der Waals surface area contributed by atoms with Gasteiger partial charge in [-0.2, -0.15) is 4.31 Å². The molecule has 0 saturated carbocycles. The van der Waals surface area contributed by atoms with E-state index < -0.39 is 10.0 Å². The van der Waals surface area contributed by atoms with Gasteiger partial charge in [0.25, 0.3) is 5.91 Å². The summed E-state index contributed by atoms with van der Waals surface area (Å²) in [6, 6.07) is 12.7. The van der Waals surface area contributed by atoms with E-state index in [1.54, 1.807) is 19.1 Å². The van der Waals surface area contributed by atoms with Crippen LogP contribution < -0.4 is 10.1 Å². The van der Waals surface area contributed by atoms with E-state index in [1.165, 1.54) is 15.9 Å². The van der Waals surface area contributed by atoms with Crippen LogP contribution in [-0.2, 0) is 15.4 Å². The second kappa shape index (κ2) is 9.40. The number of rotatable bonds is 7. The Hall–Kier alpha value is -2.38. The van der Waals surface area contributed by atoms with Gasteiger partial charge in [0.15, 0.2) is 0 Å².